The lowest BCUT2D eigenvalue weighted by Gasteiger charge is -2.22. The van der Waals surface area contributed by atoms with Gasteiger partial charge in [-0.2, -0.15) is 0 Å². The zero-order valence-corrected chi connectivity index (χ0v) is 13.9. The highest BCUT2D eigenvalue weighted by atomic mass is 32.1. The number of benzene rings is 2. The summed E-state index contributed by atoms with van der Waals surface area (Å²) in [6.07, 6.45) is 0. The molecule has 0 saturated carbocycles. The molecule has 2 aromatic carbocycles. The average molecular weight is 344 g/mol. The van der Waals surface area contributed by atoms with Gasteiger partial charge in [-0.25, -0.2) is 9.18 Å². The molecule has 0 radical (unpaired) electrons. The Morgan fingerprint density at radius 1 is 1.21 bits per heavy atom. The predicted molar refractivity (Wildman–Crippen MR) is 94.8 cm³/mol. The summed E-state index contributed by atoms with van der Waals surface area (Å²) in [6, 6.07) is 14.8. The van der Waals surface area contributed by atoms with Gasteiger partial charge < -0.3 is 15.7 Å². The molecular formula is C18H17FN2O2S. The van der Waals surface area contributed by atoms with Gasteiger partial charge in [0.15, 0.2) is 0 Å². The minimum atomic E-state index is -1.18. The van der Waals surface area contributed by atoms with Crippen LogP contribution in [0.4, 0.5) is 14.9 Å². The number of halogens is 1. The van der Waals surface area contributed by atoms with Gasteiger partial charge in [0, 0.05) is 15.3 Å². The largest absolute Gasteiger partial charge is 0.383 e. The first-order valence-electron chi connectivity index (χ1n) is 7.46. The van der Waals surface area contributed by atoms with Crippen molar-refractivity contribution < 1.29 is 14.3 Å². The van der Waals surface area contributed by atoms with E-state index < -0.39 is 11.6 Å². The summed E-state index contributed by atoms with van der Waals surface area (Å²) < 4.78 is 13.9. The summed E-state index contributed by atoms with van der Waals surface area (Å²) in [6.45, 7) is 1.72. The molecule has 1 aromatic heterocycles. The van der Waals surface area contributed by atoms with Crippen molar-refractivity contribution in [2.24, 2.45) is 0 Å². The number of hydrogen-bond donors (Lipinski definition) is 3. The summed E-state index contributed by atoms with van der Waals surface area (Å²) in [4.78, 5) is 12.7. The minimum absolute atomic E-state index is 0.0624. The van der Waals surface area contributed by atoms with Crippen molar-refractivity contribution in [1.82, 2.24) is 5.32 Å². The molecule has 124 valence electrons. The number of fused-ring (bicyclic) bond motifs is 1. The van der Waals surface area contributed by atoms with Gasteiger partial charge in [-0.15, -0.1) is 11.3 Å². The fourth-order valence-electron chi connectivity index (χ4n) is 2.30. The number of carbonyl (C=O) groups is 1. The second-order valence-corrected chi connectivity index (χ2v) is 6.82. The van der Waals surface area contributed by atoms with Crippen LogP contribution in [0.25, 0.3) is 10.1 Å². The van der Waals surface area contributed by atoms with Gasteiger partial charge in [0.2, 0.25) is 0 Å². The van der Waals surface area contributed by atoms with E-state index in [-0.39, 0.29) is 12.4 Å². The molecule has 2 amide bonds. The number of carbonyl (C=O) groups excluding carboxylic acids is 1. The van der Waals surface area contributed by atoms with E-state index in [4.69, 9.17) is 0 Å². The number of urea groups is 1. The number of amides is 2. The van der Waals surface area contributed by atoms with E-state index in [0.29, 0.717) is 5.69 Å². The van der Waals surface area contributed by atoms with Crippen LogP contribution in [0.3, 0.4) is 0 Å². The van der Waals surface area contributed by atoms with Crippen molar-refractivity contribution in [3.63, 3.8) is 0 Å². The highest BCUT2D eigenvalue weighted by Gasteiger charge is 2.26. The van der Waals surface area contributed by atoms with Crippen molar-refractivity contribution in [2.75, 3.05) is 11.9 Å². The molecule has 0 aliphatic rings. The molecule has 6 heteroatoms. The third-order valence-corrected chi connectivity index (χ3v) is 5.02. The van der Waals surface area contributed by atoms with Gasteiger partial charge in [-0.1, -0.05) is 18.2 Å². The molecule has 1 unspecified atom stereocenters. The standard InChI is InChI=1S/C18H17FN2O2S/c1-18(23,16-10-12-4-2-3-5-15(12)24-16)11-20-17(22)21-14-8-6-13(19)7-9-14/h2-10,23H,11H2,1H3,(H2,20,21,22). The van der Waals surface area contributed by atoms with Gasteiger partial charge in [0.05, 0.1) is 6.54 Å². The number of thiophene rings is 1. The smallest absolute Gasteiger partial charge is 0.319 e. The Balaban J connectivity index is 1.63. The van der Waals surface area contributed by atoms with Crippen molar-refractivity contribution in [3.8, 4) is 0 Å². The van der Waals surface area contributed by atoms with Crippen LogP contribution in [0.1, 0.15) is 11.8 Å². The molecule has 0 aliphatic heterocycles. The Kier molecular flexibility index (Phi) is 4.51. The summed E-state index contributed by atoms with van der Waals surface area (Å²) in [5.74, 6) is -0.367. The molecule has 1 heterocycles. The lowest BCUT2D eigenvalue weighted by atomic mass is 10.0. The topological polar surface area (TPSA) is 61.4 Å². The first-order chi connectivity index (χ1) is 11.4. The molecule has 4 nitrogen and oxygen atoms in total. The zero-order valence-electron chi connectivity index (χ0n) is 13.0. The highest BCUT2D eigenvalue weighted by molar-refractivity contribution is 7.19. The zero-order chi connectivity index (χ0) is 17.2. The van der Waals surface area contributed by atoms with Gasteiger partial charge in [-0.3, -0.25) is 0 Å². The highest BCUT2D eigenvalue weighted by Crippen LogP contribution is 2.32. The second-order valence-electron chi connectivity index (χ2n) is 5.74. The Labute approximate surface area is 142 Å². The van der Waals surface area contributed by atoms with E-state index in [1.807, 2.05) is 30.3 Å². The van der Waals surface area contributed by atoms with Crippen LogP contribution in [-0.4, -0.2) is 17.7 Å². The monoisotopic (exact) mass is 344 g/mol. The molecule has 0 aliphatic carbocycles. The second kappa shape index (κ2) is 6.59. The maximum atomic E-state index is 12.8. The van der Waals surface area contributed by atoms with E-state index in [9.17, 15) is 14.3 Å². The van der Waals surface area contributed by atoms with Gasteiger partial charge in [0.1, 0.15) is 11.4 Å². The first-order valence-corrected chi connectivity index (χ1v) is 8.27. The van der Waals surface area contributed by atoms with Crippen molar-refractivity contribution in [1.29, 1.82) is 0 Å². The molecular weight excluding hydrogens is 327 g/mol. The molecule has 0 bridgehead atoms. The third kappa shape index (κ3) is 3.72. The molecule has 1 atom stereocenters. The predicted octanol–water partition coefficient (Wildman–Crippen LogP) is 4.07. The van der Waals surface area contributed by atoms with E-state index in [0.717, 1.165) is 15.0 Å². The average Bonchev–Trinajstić information content (AvgIpc) is 3.00. The Bertz CT molecular complexity index is 826. The number of anilines is 1. The van der Waals surface area contributed by atoms with Crippen LogP contribution < -0.4 is 10.6 Å². The maximum absolute atomic E-state index is 12.8. The number of nitrogens with one attached hydrogen (secondary N) is 2. The summed E-state index contributed by atoms with van der Waals surface area (Å²) >= 11 is 1.50. The lowest BCUT2D eigenvalue weighted by molar-refractivity contribution is 0.0638. The van der Waals surface area contributed by atoms with E-state index >= 15 is 0 Å². The summed E-state index contributed by atoms with van der Waals surface area (Å²) in [7, 11) is 0. The van der Waals surface area contributed by atoms with Gasteiger partial charge >= 0.3 is 6.03 Å². The quantitative estimate of drug-likeness (QED) is 0.668. The molecule has 24 heavy (non-hydrogen) atoms. The summed E-state index contributed by atoms with van der Waals surface area (Å²) in [5.41, 5.74) is -0.695. The van der Waals surface area contributed by atoms with Crippen molar-refractivity contribution >= 4 is 33.1 Å². The Hall–Kier alpha value is -2.44. The molecule has 3 aromatic rings. The first kappa shape index (κ1) is 16.4. The number of hydrogen-bond acceptors (Lipinski definition) is 3. The summed E-state index contributed by atoms with van der Waals surface area (Å²) in [5, 5.41) is 17.0. The molecule has 0 spiro atoms. The Morgan fingerprint density at radius 2 is 1.92 bits per heavy atom. The van der Waals surface area contributed by atoms with Crippen molar-refractivity contribution in [3.05, 3.63) is 65.3 Å². The van der Waals surface area contributed by atoms with Crippen LogP contribution in [0, 0.1) is 5.82 Å². The van der Waals surface area contributed by atoms with E-state index in [1.54, 1.807) is 6.92 Å². The number of rotatable bonds is 4. The molecule has 3 rings (SSSR count). The van der Waals surface area contributed by atoms with Crippen molar-refractivity contribution in [2.45, 2.75) is 12.5 Å². The number of aliphatic hydroxyl groups is 1. The van der Waals surface area contributed by atoms with E-state index in [2.05, 4.69) is 10.6 Å². The SMILES string of the molecule is CC(O)(CNC(=O)Nc1ccc(F)cc1)c1cc2ccccc2s1. The molecule has 3 N–H and O–H groups in total. The van der Waals surface area contributed by atoms with Gasteiger partial charge in [0.25, 0.3) is 0 Å². The van der Waals surface area contributed by atoms with Crippen LogP contribution in [0.2, 0.25) is 0 Å². The fourth-order valence-corrected chi connectivity index (χ4v) is 3.40. The van der Waals surface area contributed by atoms with E-state index in [1.165, 1.54) is 35.6 Å². The lowest BCUT2D eigenvalue weighted by Crippen LogP contribution is -2.40. The van der Waals surface area contributed by atoms with Crippen LogP contribution in [0.15, 0.2) is 54.6 Å². The normalized spacial score (nSPS) is 13.5. The maximum Gasteiger partial charge on any atom is 0.319 e. The van der Waals surface area contributed by atoms with Crippen LogP contribution >= 0.6 is 11.3 Å². The minimum Gasteiger partial charge on any atom is -0.383 e. The van der Waals surface area contributed by atoms with Crippen LogP contribution in [0.5, 0.6) is 0 Å². The van der Waals surface area contributed by atoms with Crippen LogP contribution in [-0.2, 0) is 5.60 Å². The fraction of sp³-hybridized carbons (Fsp3) is 0.167. The van der Waals surface area contributed by atoms with Gasteiger partial charge in [-0.05, 0) is 48.7 Å². The third-order valence-electron chi connectivity index (χ3n) is 3.65. The molecule has 0 fully saturated rings. The Morgan fingerprint density at radius 3 is 2.62 bits per heavy atom. The molecule has 0 saturated heterocycles.